The van der Waals surface area contributed by atoms with E-state index in [1.54, 1.807) is 0 Å². The summed E-state index contributed by atoms with van der Waals surface area (Å²) < 4.78 is 5.65. The first kappa shape index (κ1) is 16.3. The Morgan fingerprint density at radius 3 is 2.70 bits per heavy atom. The van der Waals surface area contributed by atoms with Crippen molar-refractivity contribution < 1.29 is 4.74 Å². The molecule has 0 bridgehead atoms. The normalized spacial score (nSPS) is 40.2. The molecular formula is C17H34N2O. The van der Waals surface area contributed by atoms with Gasteiger partial charge < -0.3 is 10.1 Å². The second kappa shape index (κ2) is 6.76. The van der Waals surface area contributed by atoms with E-state index in [9.17, 15) is 0 Å². The highest BCUT2D eigenvalue weighted by molar-refractivity contribution is 4.99. The van der Waals surface area contributed by atoms with E-state index in [4.69, 9.17) is 4.74 Å². The lowest BCUT2D eigenvalue weighted by molar-refractivity contribution is -0.0399. The van der Waals surface area contributed by atoms with E-state index < -0.39 is 0 Å². The number of ether oxygens (including phenoxy) is 1. The lowest BCUT2D eigenvalue weighted by atomic mass is 9.83. The average molecular weight is 282 g/mol. The van der Waals surface area contributed by atoms with Crippen molar-refractivity contribution in [3.63, 3.8) is 0 Å². The Labute approximate surface area is 125 Å². The second-order valence-electron chi connectivity index (χ2n) is 7.41. The molecule has 0 spiro atoms. The summed E-state index contributed by atoms with van der Waals surface area (Å²) >= 11 is 0. The third-order valence-corrected chi connectivity index (χ3v) is 5.77. The number of piperazine rings is 1. The van der Waals surface area contributed by atoms with Gasteiger partial charge in [0, 0.05) is 37.8 Å². The summed E-state index contributed by atoms with van der Waals surface area (Å²) in [4.78, 5) is 2.82. The van der Waals surface area contributed by atoms with Gasteiger partial charge in [0.1, 0.15) is 0 Å². The van der Waals surface area contributed by atoms with Gasteiger partial charge in [-0.15, -0.1) is 0 Å². The van der Waals surface area contributed by atoms with Crippen LogP contribution in [0.5, 0.6) is 0 Å². The van der Waals surface area contributed by atoms with Crippen molar-refractivity contribution in [2.75, 3.05) is 20.2 Å². The zero-order valence-electron chi connectivity index (χ0n) is 14.1. The molecule has 0 amide bonds. The molecule has 4 atom stereocenters. The molecule has 3 nitrogen and oxygen atoms in total. The highest BCUT2D eigenvalue weighted by Gasteiger charge is 2.42. The molecule has 20 heavy (non-hydrogen) atoms. The quantitative estimate of drug-likeness (QED) is 0.858. The molecule has 1 saturated heterocycles. The molecule has 118 valence electrons. The lowest BCUT2D eigenvalue weighted by Gasteiger charge is -2.53. The Balaban J connectivity index is 2.10. The SMILES string of the molecule is CCC1(C)CNC(C(C)C)CN1C1CCCC(OC)C1. The Hall–Kier alpha value is -0.120. The topological polar surface area (TPSA) is 24.5 Å². The number of methoxy groups -OCH3 is 1. The Morgan fingerprint density at radius 1 is 1.35 bits per heavy atom. The number of hydrogen-bond donors (Lipinski definition) is 1. The molecule has 1 N–H and O–H groups in total. The van der Waals surface area contributed by atoms with Gasteiger partial charge in [0.15, 0.2) is 0 Å². The van der Waals surface area contributed by atoms with E-state index in [0.29, 0.717) is 29.6 Å². The largest absolute Gasteiger partial charge is 0.381 e. The summed E-state index contributed by atoms with van der Waals surface area (Å²) in [6, 6.07) is 1.35. The fourth-order valence-electron chi connectivity index (χ4n) is 3.93. The summed E-state index contributed by atoms with van der Waals surface area (Å²) in [5.74, 6) is 0.709. The molecule has 4 unspecified atom stereocenters. The van der Waals surface area contributed by atoms with Crippen LogP contribution in [0.1, 0.15) is 59.8 Å². The molecule has 2 rings (SSSR count). The van der Waals surface area contributed by atoms with E-state index in [-0.39, 0.29) is 0 Å². The Bertz CT molecular complexity index is 307. The van der Waals surface area contributed by atoms with Crippen LogP contribution in [0.15, 0.2) is 0 Å². The first-order valence-corrected chi connectivity index (χ1v) is 8.53. The molecular weight excluding hydrogens is 248 g/mol. The number of rotatable bonds is 4. The van der Waals surface area contributed by atoms with Gasteiger partial charge in [-0.1, -0.05) is 20.8 Å². The maximum Gasteiger partial charge on any atom is 0.0586 e. The third kappa shape index (κ3) is 3.37. The maximum atomic E-state index is 5.65. The minimum absolute atomic E-state index is 0.311. The molecule has 0 aromatic carbocycles. The van der Waals surface area contributed by atoms with Crippen molar-refractivity contribution in [3.05, 3.63) is 0 Å². The molecule has 3 heteroatoms. The van der Waals surface area contributed by atoms with Crippen molar-refractivity contribution in [1.29, 1.82) is 0 Å². The fourth-order valence-corrected chi connectivity index (χ4v) is 3.93. The Kier molecular flexibility index (Phi) is 5.49. The number of hydrogen-bond acceptors (Lipinski definition) is 3. The summed E-state index contributed by atoms with van der Waals surface area (Å²) in [7, 11) is 1.88. The third-order valence-electron chi connectivity index (χ3n) is 5.77. The molecule has 2 aliphatic rings. The zero-order valence-corrected chi connectivity index (χ0v) is 14.1. The van der Waals surface area contributed by atoms with E-state index in [0.717, 1.165) is 6.54 Å². The molecule has 1 heterocycles. The van der Waals surface area contributed by atoms with Gasteiger partial charge >= 0.3 is 0 Å². The molecule has 0 radical (unpaired) electrons. The van der Waals surface area contributed by atoms with Crippen LogP contribution < -0.4 is 5.32 Å². The molecule has 1 saturated carbocycles. The van der Waals surface area contributed by atoms with E-state index in [1.807, 2.05) is 7.11 Å². The smallest absolute Gasteiger partial charge is 0.0586 e. The number of nitrogens with zero attached hydrogens (tertiary/aromatic N) is 1. The first-order chi connectivity index (χ1) is 9.50. The molecule has 0 aromatic rings. The minimum Gasteiger partial charge on any atom is -0.381 e. The summed E-state index contributed by atoms with van der Waals surface area (Å²) in [5, 5.41) is 3.78. The van der Waals surface area contributed by atoms with Crippen LogP contribution in [-0.4, -0.2) is 48.8 Å². The summed E-state index contributed by atoms with van der Waals surface area (Å²) in [6.07, 6.45) is 6.83. The monoisotopic (exact) mass is 282 g/mol. The number of nitrogens with one attached hydrogen (secondary N) is 1. The van der Waals surface area contributed by atoms with Crippen molar-refractivity contribution in [2.24, 2.45) is 5.92 Å². The van der Waals surface area contributed by atoms with Crippen LogP contribution in [0.3, 0.4) is 0 Å². The van der Waals surface area contributed by atoms with Gasteiger partial charge in [0.05, 0.1) is 6.10 Å². The zero-order chi connectivity index (χ0) is 14.8. The predicted octanol–water partition coefficient (Wildman–Crippen LogP) is 3.04. The lowest BCUT2D eigenvalue weighted by Crippen LogP contribution is -2.67. The van der Waals surface area contributed by atoms with Crippen LogP contribution in [0, 0.1) is 5.92 Å². The maximum absolute atomic E-state index is 5.65. The van der Waals surface area contributed by atoms with Gasteiger partial charge in [-0.3, -0.25) is 4.90 Å². The highest BCUT2D eigenvalue weighted by atomic mass is 16.5. The van der Waals surface area contributed by atoms with Gasteiger partial charge in [0.25, 0.3) is 0 Å². The van der Waals surface area contributed by atoms with Crippen LogP contribution in [0.4, 0.5) is 0 Å². The van der Waals surface area contributed by atoms with Gasteiger partial charge in [-0.25, -0.2) is 0 Å². The van der Waals surface area contributed by atoms with Crippen molar-refractivity contribution >= 4 is 0 Å². The van der Waals surface area contributed by atoms with E-state index >= 15 is 0 Å². The summed E-state index contributed by atoms with van der Waals surface area (Å²) in [5.41, 5.74) is 0.311. The van der Waals surface area contributed by atoms with Gasteiger partial charge in [0.2, 0.25) is 0 Å². The van der Waals surface area contributed by atoms with E-state index in [1.165, 1.54) is 38.6 Å². The van der Waals surface area contributed by atoms with Crippen LogP contribution in [0.25, 0.3) is 0 Å². The van der Waals surface area contributed by atoms with Gasteiger partial charge in [-0.05, 0) is 44.9 Å². The van der Waals surface area contributed by atoms with Crippen molar-refractivity contribution in [2.45, 2.75) is 83.5 Å². The van der Waals surface area contributed by atoms with Crippen LogP contribution >= 0.6 is 0 Å². The molecule has 1 aliphatic heterocycles. The standard InChI is InChI=1S/C17H34N2O/c1-6-17(4)12-18-16(13(2)3)11-19(17)14-8-7-9-15(10-14)20-5/h13-16,18H,6-12H2,1-5H3. The first-order valence-electron chi connectivity index (χ1n) is 8.53. The predicted molar refractivity (Wildman–Crippen MR) is 85.1 cm³/mol. The van der Waals surface area contributed by atoms with Crippen LogP contribution in [0.2, 0.25) is 0 Å². The van der Waals surface area contributed by atoms with Crippen molar-refractivity contribution in [3.8, 4) is 0 Å². The van der Waals surface area contributed by atoms with E-state index in [2.05, 4.69) is 37.9 Å². The highest BCUT2D eigenvalue weighted by Crippen LogP contribution is 2.33. The molecule has 0 aromatic heterocycles. The molecule has 2 fully saturated rings. The van der Waals surface area contributed by atoms with Crippen LogP contribution in [-0.2, 0) is 4.74 Å². The summed E-state index contributed by atoms with van der Waals surface area (Å²) in [6.45, 7) is 11.8. The Morgan fingerprint density at radius 2 is 2.10 bits per heavy atom. The van der Waals surface area contributed by atoms with Gasteiger partial charge in [-0.2, -0.15) is 0 Å². The second-order valence-corrected chi connectivity index (χ2v) is 7.41. The minimum atomic E-state index is 0.311. The molecule has 1 aliphatic carbocycles. The fraction of sp³-hybridized carbons (Fsp3) is 1.00. The van der Waals surface area contributed by atoms with Crippen molar-refractivity contribution in [1.82, 2.24) is 10.2 Å². The average Bonchev–Trinajstić information content (AvgIpc) is 2.47.